The van der Waals surface area contributed by atoms with E-state index in [1.165, 1.54) is 14.2 Å². The molecule has 0 aromatic heterocycles. The third-order valence-corrected chi connectivity index (χ3v) is 6.87. The second kappa shape index (κ2) is 11.7. The van der Waals surface area contributed by atoms with Gasteiger partial charge >= 0.3 is 8.80 Å². The zero-order valence-corrected chi connectivity index (χ0v) is 16.7. The molecule has 0 saturated carbocycles. The van der Waals surface area contributed by atoms with Gasteiger partial charge in [0, 0.05) is 25.8 Å². The largest absolute Gasteiger partial charge is 0.497 e. The lowest BCUT2D eigenvalue weighted by atomic mass is 10.0. The monoisotopic (exact) mass is 414 g/mol. The lowest BCUT2D eigenvalue weighted by molar-refractivity contribution is 0.150. The molecule has 0 spiro atoms. The van der Waals surface area contributed by atoms with Gasteiger partial charge in [0.25, 0.3) is 0 Å². The van der Waals surface area contributed by atoms with Crippen molar-refractivity contribution in [2.24, 2.45) is 0 Å². The van der Waals surface area contributed by atoms with Crippen molar-refractivity contribution >= 4 is 8.80 Å². The van der Waals surface area contributed by atoms with Crippen molar-refractivity contribution < 1.29 is 35.6 Å². The molecule has 3 nitrogen and oxygen atoms in total. The Morgan fingerprint density at radius 2 is 1.00 bits per heavy atom. The van der Waals surface area contributed by atoms with Crippen LogP contribution in [0.15, 0.2) is 0 Å². The van der Waals surface area contributed by atoms with Gasteiger partial charge in [-0.2, -0.15) is 0 Å². The number of halogens is 5. The Morgan fingerprint density at radius 1 is 0.630 bits per heavy atom. The molecule has 0 heterocycles. The Balaban J connectivity index is 2.19. The Labute approximate surface area is 157 Å². The van der Waals surface area contributed by atoms with Crippen LogP contribution in [0.5, 0.6) is 0 Å². The van der Waals surface area contributed by atoms with Crippen molar-refractivity contribution in [1.82, 2.24) is 0 Å². The van der Waals surface area contributed by atoms with Crippen LogP contribution in [0.4, 0.5) is 22.0 Å². The summed E-state index contributed by atoms with van der Waals surface area (Å²) in [6, 6.07) is 0.516. The number of hydrogen-bond donors (Lipinski definition) is 1. The van der Waals surface area contributed by atoms with E-state index in [4.69, 9.17) is 8.85 Å². The van der Waals surface area contributed by atoms with Crippen LogP contribution in [-0.4, -0.2) is 27.8 Å². The summed E-state index contributed by atoms with van der Waals surface area (Å²) in [6.45, 7) is 0. The van der Waals surface area contributed by atoms with E-state index < -0.39 is 43.5 Å². The number of unbranched alkanes of at least 4 members (excludes halogenated alkanes) is 7. The van der Waals surface area contributed by atoms with E-state index in [0.29, 0.717) is 18.9 Å². The average molecular weight is 414 g/mol. The molecule has 0 radical (unpaired) electrons. The smallest absolute Gasteiger partial charge is 0.390 e. The Hall–Kier alpha value is -1.03. The van der Waals surface area contributed by atoms with Gasteiger partial charge in [0.15, 0.2) is 23.3 Å². The molecule has 1 aromatic rings. The molecule has 0 amide bonds. The first-order valence-corrected chi connectivity index (χ1v) is 11.1. The molecular weight excluding hydrogens is 387 g/mol. The van der Waals surface area contributed by atoms with Crippen molar-refractivity contribution in [3.8, 4) is 0 Å². The minimum absolute atomic E-state index is 0.178. The van der Waals surface area contributed by atoms with Gasteiger partial charge in [-0.3, -0.25) is 0 Å². The van der Waals surface area contributed by atoms with E-state index in [9.17, 15) is 26.7 Å². The van der Waals surface area contributed by atoms with Gasteiger partial charge in [-0.15, -0.1) is 0 Å². The number of hydrogen-bond acceptors (Lipinski definition) is 3. The molecule has 9 heteroatoms. The number of benzene rings is 1. The maximum Gasteiger partial charge on any atom is 0.497 e. The Kier molecular flexibility index (Phi) is 10.4. The molecule has 0 fully saturated rings. The molecule has 0 saturated heterocycles. The maximum absolute atomic E-state index is 13.5. The predicted octanol–water partition coefficient (Wildman–Crippen LogP) is 5.27. The summed E-state index contributed by atoms with van der Waals surface area (Å²) in [5, 5.41) is 0. The van der Waals surface area contributed by atoms with E-state index in [2.05, 4.69) is 0 Å². The third-order valence-electron chi connectivity index (χ3n) is 4.61. The third kappa shape index (κ3) is 7.13. The Morgan fingerprint density at radius 3 is 1.44 bits per heavy atom. The standard InChI is InChI=1S/C18H27F5O3Si/c1-25-27(24,26-2)12-10-8-6-4-3-5-7-9-11-13-14(19)16(21)18(23)17(22)15(13)20/h24H,3-12H2,1-2H3. The van der Waals surface area contributed by atoms with Crippen LogP contribution < -0.4 is 0 Å². The topological polar surface area (TPSA) is 38.7 Å². The normalized spacial score (nSPS) is 12.0. The minimum Gasteiger partial charge on any atom is -0.390 e. The second-order valence-corrected chi connectivity index (χ2v) is 9.24. The molecule has 1 N–H and O–H groups in total. The molecule has 1 rings (SSSR count). The van der Waals surface area contributed by atoms with Crippen LogP contribution >= 0.6 is 0 Å². The van der Waals surface area contributed by atoms with E-state index in [1.54, 1.807) is 0 Å². The van der Waals surface area contributed by atoms with Crippen LogP contribution in [-0.2, 0) is 15.3 Å². The van der Waals surface area contributed by atoms with Crippen molar-refractivity contribution in [2.45, 2.75) is 63.8 Å². The highest BCUT2D eigenvalue weighted by Gasteiger charge is 2.33. The highest BCUT2D eigenvalue weighted by atomic mass is 28.4. The molecular formula is C18H27F5O3Si. The lowest BCUT2D eigenvalue weighted by Crippen LogP contribution is -2.39. The van der Waals surface area contributed by atoms with Crippen LogP contribution in [0.1, 0.15) is 56.9 Å². The fraction of sp³-hybridized carbons (Fsp3) is 0.667. The summed E-state index contributed by atoms with van der Waals surface area (Å²) in [5.74, 6) is -9.36. The average Bonchev–Trinajstić information content (AvgIpc) is 2.68. The van der Waals surface area contributed by atoms with Gasteiger partial charge in [-0.1, -0.05) is 38.5 Å². The lowest BCUT2D eigenvalue weighted by Gasteiger charge is -2.19. The summed E-state index contributed by atoms with van der Waals surface area (Å²) in [4.78, 5) is 9.88. The molecule has 27 heavy (non-hydrogen) atoms. The van der Waals surface area contributed by atoms with Gasteiger partial charge < -0.3 is 13.6 Å². The molecule has 0 aliphatic rings. The SMILES string of the molecule is CO[Si](O)(CCCCCCCCCCc1c(F)c(F)c(F)c(F)c1F)OC. The van der Waals surface area contributed by atoms with Crippen molar-refractivity contribution in [3.05, 3.63) is 34.6 Å². The second-order valence-electron chi connectivity index (χ2n) is 6.50. The van der Waals surface area contributed by atoms with Crippen LogP contribution in [0.2, 0.25) is 6.04 Å². The highest BCUT2D eigenvalue weighted by Crippen LogP contribution is 2.24. The van der Waals surface area contributed by atoms with Gasteiger partial charge in [-0.05, 0) is 19.3 Å². The molecule has 0 unspecified atom stereocenters. The molecule has 156 valence electrons. The minimum atomic E-state index is -2.97. The zero-order chi connectivity index (χ0) is 20.4. The van der Waals surface area contributed by atoms with Gasteiger partial charge in [0.2, 0.25) is 5.82 Å². The van der Waals surface area contributed by atoms with Crippen molar-refractivity contribution in [2.75, 3.05) is 14.2 Å². The fourth-order valence-electron chi connectivity index (χ4n) is 2.87. The first-order chi connectivity index (χ1) is 12.8. The summed E-state index contributed by atoms with van der Waals surface area (Å²) >= 11 is 0. The van der Waals surface area contributed by atoms with Gasteiger partial charge in [0.05, 0.1) is 0 Å². The summed E-state index contributed by atoms with van der Waals surface area (Å²) in [7, 11) is -0.109. The first-order valence-electron chi connectivity index (χ1n) is 9.10. The van der Waals surface area contributed by atoms with Gasteiger partial charge in [0.1, 0.15) is 0 Å². The maximum atomic E-state index is 13.5. The fourth-order valence-corrected chi connectivity index (χ4v) is 4.14. The van der Waals surface area contributed by atoms with E-state index in [-0.39, 0.29) is 6.42 Å². The Bertz CT molecular complexity index is 568. The van der Waals surface area contributed by atoms with Gasteiger partial charge in [-0.25, -0.2) is 22.0 Å². The number of rotatable bonds is 13. The zero-order valence-electron chi connectivity index (χ0n) is 15.7. The predicted molar refractivity (Wildman–Crippen MR) is 93.7 cm³/mol. The van der Waals surface area contributed by atoms with Crippen LogP contribution in [0.3, 0.4) is 0 Å². The summed E-state index contributed by atoms with van der Waals surface area (Å²) in [6.07, 6.45) is 6.29. The molecule has 0 aliphatic heterocycles. The summed E-state index contributed by atoms with van der Waals surface area (Å²) < 4.78 is 76.2. The van der Waals surface area contributed by atoms with Crippen LogP contribution in [0.25, 0.3) is 0 Å². The quantitative estimate of drug-likeness (QED) is 0.157. The van der Waals surface area contributed by atoms with E-state index >= 15 is 0 Å². The molecule has 0 aliphatic carbocycles. The molecule has 1 aromatic carbocycles. The summed E-state index contributed by atoms with van der Waals surface area (Å²) in [5.41, 5.74) is -0.737. The highest BCUT2D eigenvalue weighted by molar-refractivity contribution is 6.59. The molecule has 0 atom stereocenters. The first kappa shape index (κ1) is 24.0. The van der Waals surface area contributed by atoms with E-state index in [0.717, 1.165) is 38.5 Å². The van der Waals surface area contributed by atoms with Crippen molar-refractivity contribution in [3.63, 3.8) is 0 Å². The molecule has 0 bridgehead atoms. The van der Waals surface area contributed by atoms with Crippen LogP contribution in [0, 0.1) is 29.1 Å². The van der Waals surface area contributed by atoms with Crippen molar-refractivity contribution in [1.29, 1.82) is 0 Å². The van der Waals surface area contributed by atoms with E-state index in [1.807, 2.05) is 0 Å².